The topological polar surface area (TPSA) is 75.5 Å². The number of nitro benzene ring substituents is 1. The maximum Gasteiger partial charge on any atom is 0.282 e. The van der Waals surface area contributed by atoms with E-state index in [1.54, 1.807) is 12.1 Å². The molecule has 0 saturated carbocycles. The van der Waals surface area contributed by atoms with Crippen molar-refractivity contribution in [1.29, 1.82) is 0 Å². The monoisotopic (exact) mass is 359 g/mol. The molecule has 132 valence electrons. The summed E-state index contributed by atoms with van der Waals surface area (Å²) in [5.74, 6) is -0.439. The second-order valence-electron chi connectivity index (χ2n) is 5.74. The summed E-state index contributed by atoms with van der Waals surface area (Å²) in [5.41, 5.74) is 0.971. The Kier molecular flexibility index (Phi) is 6.55. The Bertz CT molecular complexity index is 750. The van der Waals surface area contributed by atoms with Crippen LogP contribution in [0.3, 0.4) is 0 Å². The van der Waals surface area contributed by atoms with Gasteiger partial charge in [-0.2, -0.15) is 0 Å². The van der Waals surface area contributed by atoms with Gasteiger partial charge in [0.2, 0.25) is 0 Å². The summed E-state index contributed by atoms with van der Waals surface area (Å²) in [6.07, 6.45) is 1.86. The van der Waals surface area contributed by atoms with E-state index in [0.717, 1.165) is 10.5 Å². The van der Waals surface area contributed by atoms with Gasteiger partial charge in [0.25, 0.3) is 11.6 Å². The second kappa shape index (κ2) is 8.64. The SMILES string of the molecule is CSc1ccc([N+](=O)[O-])c(C(=O)NCC(c2ccccc2)N(C)C)c1. The zero-order chi connectivity index (χ0) is 18.4. The molecule has 0 radical (unpaired) electrons. The molecular formula is C18H21N3O3S. The van der Waals surface area contributed by atoms with Crippen LogP contribution in [0.5, 0.6) is 0 Å². The molecule has 1 amide bonds. The van der Waals surface area contributed by atoms with Crippen LogP contribution in [0.1, 0.15) is 22.0 Å². The summed E-state index contributed by atoms with van der Waals surface area (Å²) < 4.78 is 0. The molecule has 2 rings (SSSR count). The van der Waals surface area contributed by atoms with Crippen LogP contribution in [0.2, 0.25) is 0 Å². The first kappa shape index (κ1) is 19.0. The molecule has 2 aromatic rings. The summed E-state index contributed by atoms with van der Waals surface area (Å²) in [6, 6.07) is 14.4. The third kappa shape index (κ3) is 4.80. The van der Waals surface area contributed by atoms with Crippen LogP contribution in [-0.2, 0) is 0 Å². The Morgan fingerprint density at radius 2 is 1.92 bits per heavy atom. The maximum absolute atomic E-state index is 12.6. The largest absolute Gasteiger partial charge is 0.350 e. The van der Waals surface area contributed by atoms with Gasteiger partial charge >= 0.3 is 0 Å². The van der Waals surface area contributed by atoms with E-state index in [9.17, 15) is 14.9 Å². The van der Waals surface area contributed by atoms with Crippen molar-refractivity contribution in [2.45, 2.75) is 10.9 Å². The minimum Gasteiger partial charge on any atom is -0.350 e. The molecule has 0 aliphatic heterocycles. The van der Waals surface area contributed by atoms with Crippen LogP contribution < -0.4 is 5.32 Å². The van der Waals surface area contributed by atoms with Gasteiger partial charge in [-0.1, -0.05) is 30.3 Å². The number of nitrogens with one attached hydrogen (secondary N) is 1. The lowest BCUT2D eigenvalue weighted by molar-refractivity contribution is -0.385. The quantitative estimate of drug-likeness (QED) is 0.466. The number of benzene rings is 2. The number of carbonyl (C=O) groups excluding carboxylic acids is 1. The van der Waals surface area contributed by atoms with Crippen molar-refractivity contribution in [3.8, 4) is 0 Å². The van der Waals surface area contributed by atoms with Crippen molar-refractivity contribution in [2.75, 3.05) is 26.9 Å². The Morgan fingerprint density at radius 3 is 2.48 bits per heavy atom. The van der Waals surface area contributed by atoms with Crippen molar-refractivity contribution in [1.82, 2.24) is 10.2 Å². The summed E-state index contributed by atoms with van der Waals surface area (Å²) in [6.45, 7) is 0.358. The Balaban J connectivity index is 2.20. The third-order valence-electron chi connectivity index (χ3n) is 3.91. The molecule has 1 unspecified atom stereocenters. The van der Waals surface area contributed by atoms with Crippen molar-refractivity contribution in [3.63, 3.8) is 0 Å². The minimum atomic E-state index is -0.528. The molecular weight excluding hydrogens is 338 g/mol. The first-order valence-corrected chi connectivity index (χ1v) is 8.98. The van der Waals surface area contributed by atoms with Gasteiger partial charge in [-0.05, 0) is 38.0 Å². The number of hydrogen-bond donors (Lipinski definition) is 1. The van der Waals surface area contributed by atoms with E-state index < -0.39 is 10.8 Å². The van der Waals surface area contributed by atoms with E-state index in [1.165, 1.54) is 17.8 Å². The molecule has 1 atom stereocenters. The number of amides is 1. The molecule has 7 heteroatoms. The summed E-state index contributed by atoms with van der Waals surface area (Å²) >= 11 is 1.44. The highest BCUT2D eigenvalue weighted by molar-refractivity contribution is 7.98. The summed E-state index contributed by atoms with van der Waals surface area (Å²) in [4.78, 5) is 26.0. The second-order valence-corrected chi connectivity index (χ2v) is 6.62. The van der Waals surface area contributed by atoms with Gasteiger partial charge in [0.05, 0.1) is 11.0 Å². The number of carbonyl (C=O) groups is 1. The van der Waals surface area contributed by atoms with Gasteiger partial charge in [-0.15, -0.1) is 11.8 Å². The maximum atomic E-state index is 12.6. The van der Waals surface area contributed by atoms with E-state index in [4.69, 9.17) is 0 Å². The fourth-order valence-corrected chi connectivity index (χ4v) is 2.98. The van der Waals surface area contributed by atoms with Gasteiger partial charge < -0.3 is 10.2 Å². The molecule has 0 fully saturated rings. The highest BCUT2D eigenvalue weighted by Gasteiger charge is 2.22. The van der Waals surface area contributed by atoms with Gasteiger partial charge in [-0.25, -0.2) is 0 Å². The molecule has 0 heterocycles. The van der Waals surface area contributed by atoms with E-state index in [1.807, 2.05) is 55.6 Å². The zero-order valence-corrected chi connectivity index (χ0v) is 15.2. The van der Waals surface area contributed by atoms with Crippen LogP contribution in [0.25, 0.3) is 0 Å². The first-order valence-electron chi connectivity index (χ1n) is 7.76. The molecule has 0 saturated heterocycles. The van der Waals surface area contributed by atoms with Gasteiger partial charge in [0.1, 0.15) is 5.56 Å². The molecule has 1 N–H and O–H groups in total. The van der Waals surface area contributed by atoms with E-state index in [-0.39, 0.29) is 17.3 Å². The van der Waals surface area contributed by atoms with Crippen molar-refractivity contribution in [2.24, 2.45) is 0 Å². The number of hydrogen-bond acceptors (Lipinski definition) is 5. The normalized spacial score (nSPS) is 12.0. The lowest BCUT2D eigenvalue weighted by atomic mass is 10.1. The molecule has 0 aliphatic rings. The third-order valence-corrected chi connectivity index (χ3v) is 4.63. The summed E-state index contributed by atoms with van der Waals surface area (Å²) in [7, 11) is 3.86. The number of thioether (sulfide) groups is 1. The standard InChI is InChI=1S/C18H21N3O3S/c1-20(2)17(13-7-5-4-6-8-13)12-19-18(22)15-11-14(25-3)9-10-16(15)21(23)24/h4-11,17H,12H2,1-3H3,(H,19,22). The van der Waals surface area contributed by atoms with Gasteiger partial charge in [-0.3, -0.25) is 14.9 Å². The van der Waals surface area contributed by atoms with Crippen LogP contribution in [0.15, 0.2) is 53.4 Å². The number of nitro groups is 1. The lowest BCUT2D eigenvalue weighted by Gasteiger charge is -2.25. The fraction of sp³-hybridized carbons (Fsp3) is 0.278. The minimum absolute atomic E-state index is 0.0204. The molecule has 0 spiro atoms. The number of rotatable bonds is 7. The van der Waals surface area contributed by atoms with E-state index in [0.29, 0.717) is 6.54 Å². The predicted octanol–water partition coefficient (Wildman–Crippen LogP) is 3.35. The number of likely N-dealkylation sites (N-methyl/N-ethyl adjacent to an activating group) is 1. The van der Waals surface area contributed by atoms with Crippen LogP contribution >= 0.6 is 11.8 Å². The highest BCUT2D eigenvalue weighted by atomic mass is 32.2. The van der Waals surface area contributed by atoms with Crippen molar-refractivity contribution in [3.05, 3.63) is 69.8 Å². The van der Waals surface area contributed by atoms with Gasteiger partial charge in [0, 0.05) is 17.5 Å². The van der Waals surface area contributed by atoms with Crippen LogP contribution in [-0.4, -0.2) is 42.6 Å². The molecule has 0 bridgehead atoms. The summed E-state index contributed by atoms with van der Waals surface area (Å²) in [5, 5.41) is 14.0. The van der Waals surface area contributed by atoms with Crippen LogP contribution in [0.4, 0.5) is 5.69 Å². The first-order chi connectivity index (χ1) is 11.9. The van der Waals surface area contributed by atoms with Gasteiger partial charge in [0.15, 0.2) is 0 Å². The fourth-order valence-electron chi connectivity index (χ4n) is 2.54. The van der Waals surface area contributed by atoms with Crippen LogP contribution in [0, 0.1) is 10.1 Å². The molecule has 0 aliphatic carbocycles. The lowest BCUT2D eigenvalue weighted by Crippen LogP contribution is -2.34. The zero-order valence-electron chi connectivity index (χ0n) is 14.4. The predicted molar refractivity (Wildman–Crippen MR) is 100 cm³/mol. The van der Waals surface area contributed by atoms with E-state index >= 15 is 0 Å². The van der Waals surface area contributed by atoms with Crippen molar-refractivity contribution < 1.29 is 9.72 Å². The Labute approximate surface area is 151 Å². The molecule has 6 nitrogen and oxygen atoms in total. The molecule has 2 aromatic carbocycles. The highest BCUT2D eigenvalue weighted by Crippen LogP contribution is 2.25. The van der Waals surface area contributed by atoms with Crippen molar-refractivity contribution >= 4 is 23.4 Å². The number of nitrogens with zero attached hydrogens (tertiary/aromatic N) is 2. The Hall–Kier alpha value is -2.38. The van der Waals surface area contributed by atoms with E-state index in [2.05, 4.69) is 5.32 Å². The smallest absolute Gasteiger partial charge is 0.282 e. The molecule has 25 heavy (non-hydrogen) atoms. The Morgan fingerprint density at radius 1 is 1.24 bits per heavy atom. The average molecular weight is 359 g/mol. The average Bonchev–Trinajstić information content (AvgIpc) is 2.61. The molecule has 0 aromatic heterocycles.